The lowest BCUT2D eigenvalue weighted by atomic mass is 9.70. The lowest BCUT2D eigenvalue weighted by Gasteiger charge is -2.33. The molecule has 2 aliphatic rings. The van der Waals surface area contributed by atoms with E-state index in [1.54, 1.807) is 0 Å². The molecule has 5 nitrogen and oxygen atoms in total. The lowest BCUT2D eigenvalue weighted by Crippen LogP contribution is -2.30. The van der Waals surface area contributed by atoms with Crippen LogP contribution in [-0.4, -0.2) is 23.2 Å². The van der Waals surface area contributed by atoms with Crippen LogP contribution < -0.4 is 9.50 Å². The van der Waals surface area contributed by atoms with Crippen molar-refractivity contribution in [1.82, 2.24) is 0 Å². The molecule has 2 unspecified atom stereocenters. The smallest absolute Gasteiger partial charge is 0.307 e. The van der Waals surface area contributed by atoms with Crippen LogP contribution in [0.15, 0.2) is 84.9 Å². The van der Waals surface area contributed by atoms with E-state index in [0.717, 1.165) is 41.0 Å². The number of hydrogen-bond acceptors (Lipinski definition) is 4. The SMILES string of the molecule is C/C=C\C.CSOc1cccc(-c2ccc3c(c2)NC(=O)C3)c1.O=C(O)C1CCC1c1ccccc1. The monoisotopic (exact) mass is 503 g/mol. The third kappa shape index (κ3) is 7.25. The van der Waals surface area contributed by atoms with Gasteiger partial charge in [0.1, 0.15) is 5.75 Å². The van der Waals surface area contributed by atoms with Crippen molar-refractivity contribution >= 4 is 29.6 Å². The van der Waals surface area contributed by atoms with Crippen molar-refractivity contribution < 1.29 is 18.9 Å². The Labute approximate surface area is 217 Å². The molecule has 3 aromatic rings. The van der Waals surface area contributed by atoms with Crippen molar-refractivity contribution in [3.05, 3.63) is 96.1 Å². The van der Waals surface area contributed by atoms with Crippen LogP contribution in [0.3, 0.4) is 0 Å². The first-order valence-electron chi connectivity index (χ1n) is 12.1. The van der Waals surface area contributed by atoms with Crippen LogP contribution in [0, 0.1) is 5.92 Å². The third-order valence-corrected chi connectivity index (χ3v) is 6.59. The predicted molar refractivity (Wildman–Crippen MR) is 148 cm³/mol. The summed E-state index contributed by atoms with van der Waals surface area (Å²) >= 11 is 1.32. The van der Waals surface area contributed by atoms with E-state index < -0.39 is 5.97 Å². The molecule has 1 aliphatic heterocycles. The molecule has 5 rings (SSSR count). The number of benzene rings is 3. The number of nitrogens with one attached hydrogen (secondary N) is 1. The second-order valence-corrected chi connectivity index (χ2v) is 9.08. The highest BCUT2D eigenvalue weighted by Gasteiger charge is 2.37. The van der Waals surface area contributed by atoms with Crippen molar-refractivity contribution in [2.24, 2.45) is 5.92 Å². The number of carbonyl (C=O) groups is 2. The van der Waals surface area contributed by atoms with Crippen molar-refractivity contribution in [3.8, 4) is 16.9 Å². The standard InChI is InChI=1S/C15H13NO2S.C11H12O2.C4H8/c1-19-18-13-4-2-3-10(7-13)11-5-6-12-9-15(17)16-14(12)8-11;12-11(13)10-7-6-9(10)8-4-2-1-3-5-8;1-3-4-2/h2-8H,9H2,1H3,(H,16,17);1-5,9-10H,6-7H2,(H,12,13);3-4H,1-2H3/b;;4-3-. The minimum atomic E-state index is -0.653. The Bertz CT molecular complexity index is 1190. The molecule has 6 heteroatoms. The van der Waals surface area contributed by atoms with E-state index in [1.807, 2.05) is 105 Å². The maximum atomic E-state index is 11.4. The van der Waals surface area contributed by atoms with Crippen molar-refractivity contribution in [1.29, 1.82) is 0 Å². The summed E-state index contributed by atoms with van der Waals surface area (Å²) in [6.45, 7) is 4.00. The zero-order valence-electron chi connectivity index (χ0n) is 20.9. The van der Waals surface area contributed by atoms with Gasteiger partial charge in [-0.2, -0.15) is 0 Å². The van der Waals surface area contributed by atoms with Gasteiger partial charge >= 0.3 is 5.97 Å². The van der Waals surface area contributed by atoms with E-state index in [1.165, 1.54) is 17.6 Å². The number of fused-ring (bicyclic) bond motifs is 1. The van der Waals surface area contributed by atoms with Gasteiger partial charge in [0, 0.05) is 11.9 Å². The molecule has 1 aliphatic carbocycles. The Morgan fingerprint density at radius 2 is 1.69 bits per heavy atom. The van der Waals surface area contributed by atoms with Gasteiger partial charge in [-0.1, -0.05) is 66.7 Å². The molecular formula is C30H33NO4S. The number of carboxylic acid groups (broad SMARTS) is 1. The van der Waals surface area contributed by atoms with Gasteiger partial charge in [-0.3, -0.25) is 9.59 Å². The molecule has 0 radical (unpaired) electrons. The molecular weight excluding hydrogens is 470 g/mol. The van der Waals surface area contributed by atoms with Gasteiger partial charge in [0.05, 0.1) is 24.4 Å². The number of amides is 1. The molecule has 2 N–H and O–H groups in total. The van der Waals surface area contributed by atoms with Gasteiger partial charge in [0.2, 0.25) is 5.91 Å². The first kappa shape index (κ1) is 27.1. The van der Waals surface area contributed by atoms with E-state index in [9.17, 15) is 9.59 Å². The van der Waals surface area contributed by atoms with Crippen LogP contribution in [-0.2, 0) is 16.0 Å². The third-order valence-electron chi connectivity index (χ3n) is 6.23. The normalized spacial score (nSPS) is 17.5. The summed E-state index contributed by atoms with van der Waals surface area (Å²) in [5, 5.41) is 11.7. The molecule has 3 aromatic carbocycles. The summed E-state index contributed by atoms with van der Waals surface area (Å²) in [4.78, 5) is 22.1. The van der Waals surface area contributed by atoms with Crippen LogP contribution >= 0.6 is 12.0 Å². The predicted octanol–water partition coefficient (Wildman–Crippen LogP) is 7.35. The van der Waals surface area contributed by atoms with Crippen LogP contribution in [0.1, 0.15) is 43.7 Å². The summed E-state index contributed by atoms with van der Waals surface area (Å²) in [6.07, 6.45) is 8.21. The second kappa shape index (κ2) is 13.5. The molecule has 1 amide bonds. The van der Waals surface area contributed by atoms with Crippen LogP contribution in [0.4, 0.5) is 5.69 Å². The van der Waals surface area contributed by atoms with Gasteiger partial charge in [-0.25, -0.2) is 0 Å². The molecule has 2 atom stereocenters. The minimum absolute atomic E-state index is 0.0617. The number of hydrogen-bond donors (Lipinski definition) is 2. The molecule has 1 saturated carbocycles. The minimum Gasteiger partial charge on any atom is -0.481 e. The van der Waals surface area contributed by atoms with Gasteiger partial charge < -0.3 is 14.6 Å². The summed E-state index contributed by atoms with van der Waals surface area (Å²) in [5.74, 6) is 0.336. The van der Waals surface area contributed by atoms with Gasteiger partial charge in [-0.05, 0) is 73.1 Å². The van der Waals surface area contributed by atoms with Crippen molar-refractivity contribution in [2.75, 3.05) is 11.6 Å². The number of rotatable bonds is 5. The van der Waals surface area contributed by atoms with E-state index in [0.29, 0.717) is 6.42 Å². The summed E-state index contributed by atoms with van der Waals surface area (Å²) in [7, 11) is 0. The molecule has 188 valence electrons. The largest absolute Gasteiger partial charge is 0.481 e. The zero-order chi connectivity index (χ0) is 25.9. The van der Waals surface area contributed by atoms with Crippen LogP contribution in [0.2, 0.25) is 0 Å². The molecule has 1 heterocycles. The second-order valence-electron chi connectivity index (χ2n) is 8.58. The number of anilines is 1. The van der Waals surface area contributed by atoms with Crippen LogP contribution in [0.5, 0.6) is 5.75 Å². The van der Waals surface area contributed by atoms with Crippen LogP contribution in [0.25, 0.3) is 11.1 Å². The van der Waals surface area contributed by atoms with E-state index in [4.69, 9.17) is 9.29 Å². The number of allylic oxidation sites excluding steroid dienone is 2. The highest BCUT2D eigenvalue weighted by molar-refractivity contribution is 7.94. The quantitative estimate of drug-likeness (QED) is 0.281. The highest BCUT2D eigenvalue weighted by atomic mass is 32.2. The maximum absolute atomic E-state index is 11.4. The van der Waals surface area contributed by atoms with Gasteiger partial charge in [-0.15, -0.1) is 0 Å². The fourth-order valence-corrected chi connectivity index (χ4v) is 4.41. The summed E-state index contributed by atoms with van der Waals surface area (Å²) in [5.41, 5.74) is 5.30. The molecule has 36 heavy (non-hydrogen) atoms. The van der Waals surface area contributed by atoms with E-state index in [2.05, 4.69) is 5.32 Å². The number of carbonyl (C=O) groups excluding carboxylic acids is 1. The van der Waals surface area contributed by atoms with E-state index in [-0.39, 0.29) is 17.7 Å². The summed E-state index contributed by atoms with van der Waals surface area (Å²) in [6, 6.07) is 23.9. The summed E-state index contributed by atoms with van der Waals surface area (Å²) < 4.78 is 5.42. The van der Waals surface area contributed by atoms with Crippen molar-refractivity contribution in [3.63, 3.8) is 0 Å². The molecule has 0 aromatic heterocycles. The first-order valence-corrected chi connectivity index (χ1v) is 13.2. The zero-order valence-corrected chi connectivity index (χ0v) is 21.8. The fourth-order valence-electron chi connectivity index (χ4n) is 4.11. The fraction of sp³-hybridized carbons (Fsp3) is 0.267. The Hall–Kier alpha value is -3.51. The Kier molecular flexibility index (Phi) is 10.2. The molecule has 0 spiro atoms. The first-order chi connectivity index (χ1) is 17.5. The van der Waals surface area contributed by atoms with Crippen molar-refractivity contribution in [2.45, 2.75) is 39.0 Å². The maximum Gasteiger partial charge on any atom is 0.307 e. The molecule has 0 bridgehead atoms. The number of carboxylic acids is 1. The van der Waals surface area contributed by atoms with E-state index >= 15 is 0 Å². The average Bonchev–Trinajstić information content (AvgIpc) is 3.24. The Balaban J connectivity index is 0.000000184. The average molecular weight is 504 g/mol. The molecule has 0 saturated heterocycles. The van der Waals surface area contributed by atoms with Gasteiger partial charge in [0.25, 0.3) is 0 Å². The Morgan fingerprint density at radius 3 is 2.31 bits per heavy atom. The highest BCUT2D eigenvalue weighted by Crippen LogP contribution is 2.42. The Morgan fingerprint density at radius 1 is 0.972 bits per heavy atom. The number of aliphatic carboxylic acids is 1. The van der Waals surface area contributed by atoms with Gasteiger partial charge in [0.15, 0.2) is 0 Å². The molecule has 1 fully saturated rings. The lowest BCUT2D eigenvalue weighted by molar-refractivity contribution is -0.145. The topological polar surface area (TPSA) is 75.6 Å².